The first-order chi connectivity index (χ1) is 14.0. The lowest BCUT2D eigenvalue weighted by atomic mass is 9.63. The number of likely N-dealkylation sites (tertiary alicyclic amines) is 1. The Labute approximate surface area is 172 Å². The van der Waals surface area contributed by atoms with E-state index in [1.807, 2.05) is 16.7 Å². The molecule has 1 atom stereocenters. The van der Waals surface area contributed by atoms with Gasteiger partial charge >= 0.3 is 0 Å². The van der Waals surface area contributed by atoms with Gasteiger partial charge in [0.1, 0.15) is 5.82 Å². The summed E-state index contributed by atoms with van der Waals surface area (Å²) in [6, 6.07) is 6.31. The lowest BCUT2D eigenvalue weighted by molar-refractivity contribution is -0.144. The maximum absolute atomic E-state index is 13.4. The molecule has 3 aliphatic rings. The molecule has 0 radical (unpaired) electrons. The highest BCUT2D eigenvalue weighted by Gasteiger charge is 2.48. The molecule has 3 fully saturated rings. The minimum Gasteiger partial charge on any atom is -0.341 e. The van der Waals surface area contributed by atoms with Gasteiger partial charge in [0.05, 0.1) is 11.5 Å². The molecule has 2 aliphatic heterocycles. The summed E-state index contributed by atoms with van der Waals surface area (Å²) in [5.41, 5.74) is 0.455. The van der Waals surface area contributed by atoms with E-state index in [0.29, 0.717) is 13.1 Å². The molecule has 0 aromatic heterocycles. The van der Waals surface area contributed by atoms with Gasteiger partial charge in [0.2, 0.25) is 11.8 Å². The number of nitrogens with zero attached hydrogens (tertiary/aromatic N) is 3. The van der Waals surface area contributed by atoms with Gasteiger partial charge in [-0.3, -0.25) is 14.5 Å². The Hall–Kier alpha value is -1.95. The van der Waals surface area contributed by atoms with Crippen LogP contribution in [0.3, 0.4) is 0 Å². The molecule has 0 spiro atoms. The van der Waals surface area contributed by atoms with Crippen LogP contribution in [0.25, 0.3) is 0 Å². The van der Waals surface area contributed by atoms with E-state index in [4.69, 9.17) is 0 Å². The third-order valence-electron chi connectivity index (χ3n) is 7.19. The van der Waals surface area contributed by atoms with Gasteiger partial charge in [0.25, 0.3) is 0 Å². The third kappa shape index (κ3) is 3.91. The lowest BCUT2D eigenvalue weighted by Crippen LogP contribution is -2.59. The van der Waals surface area contributed by atoms with Crippen molar-refractivity contribution in [3.63, 3.8) is 0 Å². The van der Waals surface area contributed by atoms with Crippen LogP contribution in [-0.4, -0.2) is 71.8 Å². The number of carbonyl (C=O) groups is 2. The largest absolute Gasteiger partial charge is 0.341 e. The third-order valence-corrected chi connectivity index (χ3v) is 7.19. The molecule has 29 heavy (non-hydrogen) atoms. The molecular weight excluding hydrogens is 369 g/mol. The van der Waals surface area contributed by atoms with Crippen LogP contribution in [-0.2, 0) is 15.0 Å². The number of halogens is 1. The average molecular weight is 402 g/mol. The SMILES string of the molecule is CC(C(=O)N1CCCCC1)N1CCN(C(=O)C2(c3ccc(F)cc3)CCC2)CC1. The van der Waals surface area contributed by atoms with Crippen molar-refractivity contribution < 1.29 is 14.0 Å². The smallest absolute Gasteiger partial charge is 0.239 e. The van der Waals surface area contributed by atoms with Crippen molar-refractivity contribution in [2.24, 2.45) is 0 Å². The summed E-state index contributed by atoms with van der Waals surface area (Å²) < 4.78 is 13.3. The van der Waals surface area contributed by atoms with Crippen molar-refractivity contribution in [2.45, 2.75) is 56.9 Å². The van der Waals surface area contributed by atoms with Gasteiger partial charge in [0.15, 0.2) is 0 Å². The summed E-state index contributed by atoms with van der Waals surface area (Å²) in [5, 5.41) is 0. The number of hydrogen-bond donors (Lipinski definition) is 0. The number of hydrogen-bond acceptors (Lipinski definition) is 3. The van der Waals surface area contributed by atoms with Gasteiger partial charge in [-0.25, -0.2) is 4.39 Å². The first-order valence-electron chi connectivity index (χ1n) is 11.1. The second-order valence-corrected chi connectivity index (χ2v) is 8.83. The molecular formula is C23H32FN3O2. The number of amides is 2. The highest BCUT2D eigenvalue weighted by Crippen LogP contribution is 2.45. The van der Waals surface area contributed by atoms with E-state index in [0.717, 1.165) is 63.8 Å². The minimum absolute atomic E-state index is 0.125. The Morgan fingerprint density at radius 3 is 2.03 bits per heavy atom. The van der Waals surface area contributed by atoms with Gasteiger partial charge in [-0.1, -0.05) is 18.6 Å². The van der Waals surface area contributed by atoms with E-state index in [-0.39, 0.29) is 23.7 Å². The summed E-state index contributed by atoms with van der Waals surface area (Å²) in [5.74, 6) is 0.132. The molecule has 5 nitrogen and oxygen atoms in total. The lowest BCUT2D eigenvalue weighted by Gasteiger charge is -2.47. The Morgan fingerprint density at radius 2 is 1.48 bits per heavy atom. The predicted molar refractivity (Wildman–Crippen MR) is 110 cm³/mol. The molecule has 1 unspecified atom stereocenters. The van der Waals surface area contributed by atoms with Crippen LogP contribution in [0.2, 0.25) is 0 Å². The van der Waals surface area contributed by atoms with E-state index >= 15 is 0 Å². The maximum Gasteiger partial charge on any atom is 0.239 e. The zero-order valence-electron chi connectivity index (χ0n) is 17.4. The van der Waals surface area contributed by atoms with E-state index in [1.165, 1.54) is 18.6 Å². The topological polar surface area (TPSA) is 43.9 Å². The van der Waals surface area contributed by atoms with E-state index in [1.54, 1.807) is 12.1 Å². The highest BCUT2D eigenvalue weighted by atomic mass is 19.1. The average Bonchev–Trinajstić information content (AvgIpc) is 2.74. The molecule has 2 heterocycles. The standard InChI is InChI=1S/C23H32FN3O2/c1-18(21(28)26-12-3-2-4-13-26)25-14-16-27(17-15-25)22(29)23(10-5-11-23)19-6-8-20(24)9-7-19/h6-9,18H,2-5,10-17H2,1H3. The number of carbonyl (C=O) groups excluding carboxylic acids is 2. The van der Waals surface area contributed by atoms with Crippen LogP contribution in [0, 0.1) is 5.82 Å². The molecule has 1 aliphatic carbocycles. The zero-order chi connectivity index (χ0) is 20.4. The maximum atomic E-state index is 13.4. The molecule has 1 saturated carbocycles. The zero-order valence-corrected chi connectivity index (χ0v) is 17.4. The van der Waals surface area contributed by atoms with Crippen molar-refractivity contribution >= 4 is 11.8 Å². The quantitative estimate of drug-likeness (QED) is 0.779. The predicted octanol–water partition coefficient (Wildman–Crippen LogP) is 2.79. The number of piperazine rings is 1. The van der Waals surface area contributed by atoms with Crippen molar-refractivity contribution in [1.82, 2.24) is 14.7 Å². The summed E-state index contributed by atoms with van der Waals surface area (Å²) in [7, 11) is 0. The van der Waals surface area contributed by atoms with Gasteiger partial charge in [0, 0.05) is 39.3 Å². The Morgan fingerprint density at radius 1 is 0.862 bits per heavy atom. The molecule has 2 saturated heterocycles. The van der Waals surface area contributed by atoms with Crippen LogP contribution in [0.1, 0.15) is 51.0 Å². The van der Waals surface area contributed by atoms with Gasteiger partial charge in [-0.15, -0.1) is 0 Å². The number of piperidine rings is 1. The normalized spacial score (nSPS) is 23.4. The number of rotatable bonds is 4. The van der Waals surface area contributed by atoms with Crippen molar-refractivity contribution in [2.75, 3.05) is 39.3 Å². The molecule has 1 aromatic rings. The van der Waals surface area contributed by atoms with Gasteiger partial charge in [-0.2, -0.15) is 0 Å². The van der Waals surface area contributed by atoms with E-state index in [2.05, 4.69) is 4.90 Å². The van der Waals surface area contributed by atoms with Crippen LogP contribution in [0.15, 0.2) is 24.3 Å². The Bertz CT molecular complexity index is 733. The molecule has 6 heteroatoms. The van der Waals surface area contributed by atoms with Gasteiger partial charge in [-0.05, 0) is 56.7 Å². The van der Waals surface area contributed by atoms with E-state index in [9.17, 15) is 14.0 Å². The van der Waals surface area contributed by atoms with Crippen LogP contribution in [0.4, 0.5) is 4.39 Å². The van der Waals surface area contributed by atoms with Crippen molar-refractivity contribution in [1.29, 1.82) is 0 Å². The highest BCUT2D eigenvalue weighted by molar-refractivity contribution is 5.89. The molecule has 4 rings (SSSR count). The molecule has 2 amide bonds. The molecule has 1 aromatic carbocycles. The minimum atomic E-state index is -0.481. The van der Waals surface area contributed by atoms with Crippen molar-refractivity contribution in [3.8, 4) is 0 Å². The monoisotopic (exact) mass is 401 g/mol. The fourth-order valence-corrected chi connectivity index (χ4v) is 5.07. The summed E-state index contributed by atoms with van der Waals surface area (Å²) >= 11 is 0. The van der Waals surface area contributed by atoms with Gasteiger partial charge < -0.3 is 9.80 Å². The first-order valence-corrected chi connectivity index (χ1v) is 11.1. The second-order valence-electron chi connectivity index (χ2n) is 8.83. The van der Waals surface area contributed by atoms with Crippen molar-refractivity contribution in [3.05, 3.63) is 35.6 Å². The van der Waals surface area contributed by atoms with E-state index < -0.39 is 5.41 Å². The van der Waals surface area contributed by atoms with Crippen LogP contribution >= 0.6 is 0 Å². The summed E-state index contributed by atoms with van der Waals surface area (Å²) in [6.07, 6.45) is 6.13. The second kappa shape index (κ2) is 8.42. The number of benzene rings is 1. The molecule has 0 bridgehead atoms. The summed E-state index contributed by atoms with van der Waals surface area (Å²) in [6.45, 7) is 6.51. The molecule has 0 N–H and O–H groups in total. The Balaban J connectivity index is 1.36. The first kappa shape index (κ1) is 20.3. The fraction of sp³-hybridized carbons (Fsp3) is 0.652. The Kier molecular flexibility index (Phi) is 5.91. The molecule has 158 valence electrons. The fourth-order valence-electron chi connectivity index (χ4n) is 5.07. The van der Waals surface area contributed by atoms with Crippen LogP contribution in [0.5, 0.6) is 0 Å². The van der Waals surface area contributed by atoms with Crippen LogP contribution < -0.4 is 0 Å². The summed E-state index contributed by atoms with van der Waals surface area (Å²) in [4.78, 5) is 32.4.